The van der Waals surface area contributed by atoms with E-state index in [9.17, 15) is 9.59 Å². The molecule has 0 aliphatic carbocycles. The zero-order valence-electron chi connectivity index (χ0n) is 16.3. The predicted octanol–water partition coefficient (Wildman–Crippen LogP) is 3.65. The average Bonchev–Trinajstić information content (AvgIpc) is 3.05. The molecule has 4 aromatic rings. The van der Waals surface area contributed by atoms with Gasteiger partial charge in [0, 0.05) is 35.8 Å². The summed E-state index contributed by atoms with van der Waals surface area (Å²) in [5.41, 5.74) is 8.25. The van der Waals surface area contributed by atoms with Crippen LogP contribution in [0.3, 0.4) is 0 Å². The number of pyridine rings is 1. The second-order valence-electron chi connectivity index (χ2n) is 6.89. The van der Waals surface area contributed by atoms with Crippen LogP contribution in [0.1, 0.15) is 15.9 Å². The van der Waals surface area contributed by atoms with E-state index in [0.29, 0.717) is 22.9 Å². The van der Waals surface area contributed by atoms with E-state index >= 15 is 0 Å². The van der Waals surface area contributed by atoms with Crippen LogP contribution in [-0.2, 0) is 18.3 Å². The third kappa shape index (κ3) is 4.15. The first-order chi connectivity index (χ1) is 14.5. The summed E-state index contributed by atoms with van der Waals surface area (Å²) in [6.45, 7) is 0. The monoisotopic (exact) mass is 400 g/mol. The Morgan fingerprint density at radius 1 is 1.10 bits per heavy atom. The fourth-order valence-electron chi connectivity index (χ4n) is 3.29. The third-order valence-electron chi connectivity index (χ3n) is 4.69. The first-order valence-electron chi connectivity index (χ1n) is 9.36. The SMILES string of the molecule is Cn1cc(CC(=O)Nc2ccc(Oc3cccc(C(N)=O)c3)nc2)c2ccccc21. The Morgan fingerprint density at radius 2 is 1.93 bits per heavy atom. The van der Waals surface area contributed by atoms with E-state index < -0.39 is 5.91 Å². The summed E-state index contributed by atoms with van der Waals surface area (Å²) in [7, 11) is 1.96. The number of carbonyl (C=O) groups excluding carboxylic acids is 2. The summed E-state index contributed by atoms with van der Waals surface area (Å²) in [6.07, 6.45) is 3.76. The summed E-state index contributed by atoms with van der Waals surface area (Å²) in [4.78, 5) is 28.0. The molecule has 0 aliphatic heterocycles. The largest absolute Gasteiger partial charge is 0.439 e. The molecule has 7 heteroatoms. The summed E-state index contributed by atoms with van der Waals surface area (Å²) in [6, 6.07) is 17.9. The molecule has 0 bridgehead atoms. The molecule has 7 nitrogen and oxygen atoms in total. The van der Waals surface area contributed by atoms with E-state index in [4.69, 9.17) is 10.5 Å². The molecule has 2 heterocycles. The number of benzene rings is 2. The van der Waals surface area contributed by atoms with Crippen LogP contribution in [0.4, 0.5) is 5.69 Å². The molecule has 30 heavy (non-hydrogen) atoms. The van der Waals surface area contributed by atoms with Crippen LogP contribution in [0.25, 0.3) is 10.9 Å². The fourth-order valence-corrected chi connectivity index (χ4v) is 3.29. The van der Waals surface area contributed by atoms with Crippen molar-refractivity contribution in [2.45, 2.75) is 6.42 Å². The van der Waals surface area contributed by atoms with Crippen molar-refractivity contribution < 1.29 is 14.3 Å². The molecule has 0 atom stereocenters. The van der Waals surface area contributed by atoms with E-state index in [1.807, 2.05) is 42.1 Å². The molecule has 2 amide bonds. The van der Waals surface area contributed by atoms with Crippen molar-refractivity contribution in [1.82, 2.24) is 9.55 Å². The molecule has 0 saturated carbocycles. The number of nitrogens with zero attached hydrogens (tertiary/aromatic N) is 2. The number of ether oxygens (including phenoxy) is 1. The zero-order valence-corrected chi connectivity index (χ0v) is 16.3. The molecule has 4 rings (SSSR count). The maximum Gasteiger partial charge on any atom is 0.248 e. The second kappa shape index (κ2) is 8.08. The van der Waals surface area contributed by atoms with Gasteiger partial charge in [-0.1, -0.05) is 24.3 Å². The Morgan fingerprint density at radius 3 is 2.70 bits per heavy atom. The predicted molar refractivity (Wildman–Crippen MR) is 115 cm³/mol. The van der Waals surface area contributed by atoms with E-state index in [-0.39, 0.29) is 12.3 Å². The van der Waals surface area contributed by atoms with Crippen LogP contribution in [0.2, 0.25) is 0 Å². The summed E-state index contributed by atoms with van der Waals surface area (Å²) in [5.74, 6) is 0.129. The average molecular weight is 400 g/mol. The number of nitrogens with two attached hydrogens (primary N) is 1. The number of nitrogens with one attached hydrogen (secondary N) is 1. The van der Waals surface area contributed by atoms with Gasteiger partial charge in [-0.25, -0.2) is 4.98 Å². The number of anilines is 1. The normalized spacial score (nSPS) is 10.7. The van der Waals surface area contributed by atoms with Gasteiger partial charge >= 0.3 is 0 Å². The van der Waals surface area contributed by atoms with Crippen molar-refractivity contribution in [2.24, 2.45) is 12.8 Å². The van der Waals surface area contributed by atoms with Crippen molar-refractivity contribution in [3.05, 3.63) is 84.2 Å². The molecule has 0 unspecified atom stereocenters. The zero-order chi connectivity index (χ0) is 21.1. The number of carbonyl (C=O) groups is 2. The van der Waals surface area contributed by atoms with Crippen molar-refractivity contribution in [3.63, 3.8) is 0 Å². The minimum absolute atomic E-state index is 0.129. The van der Waals surface area contributed by atoms with Crippen molar-refractivity contribution in [3.8, 4) is 11.6 Å². The number of hydrogen-bond donors (Lipinski definition) is 2. The van der Waals surface area contributed by atoms with Crippen LogP contribution in [0.15, 0.2) is 73.1 Å². The minimum Gasteiger partial charge on any atom is -0.439 e. The molecule has 0 aliphatic rings. The number of aryl methyl sites for hydroxylation is 1. The topological polar surface area (TPSA) is 99.2 Å². The van der Waals surface area contributed by atoms with Gasteiger partial charge in [0.25, 0.3) is 0 Å². The van der Waals surface area contributed by atoms with Crippen molar-refractivity contribution in [2.75, 3.05) is 5.32 Å². The van der Waals surface area contributed by atoms with E-state index in [1.54, 1.807) is 36.4 Å². The van der Waals surface area contributed by atoms with Gasteiger partial charge in [0.2, 0.25) is 17.7 Å². The number of aromatic nitrogens is 2. The first kappa shape index (κ1) is 19.2. The van der Waals surface area contributed by atoms with Gasteiger partial charge in [0.15, 0.2) is 0 Å². The van der Waals surface area contributed by atoms with Gasteiger partial charge in [-0.3, -0.25) is 9.59 Å². The molecule has 150 valence electrons. The number of fused-ring (bicyclic) bond motifs is 1. The van der Waals surface area contributed by atoms with Gasteiger partial charge in [0.1, 0.15) is 5.75 Å². The lowest BCUT2D eigenvalue weighted by Gasteiger charge is -2.08. The van der Waals surface area contributed by atoms with Gasteiger partial charge < -0.3 is 20.4 Å². The van der Waals surface area contributed by atoms with Crippen molar-refractivity contribution >= 4 is 28.4 Å². The minimum atomic E-state index is -0.530. The van der Waals surface area contributed by atoms with E-state index in [1.165, 1.54) is 6.20 Å². The van der Waals surface area contributed by atoms with Gasteiger partial charge in [-0.2, -0.15) is 0 Å². The van der Waals surface area contributed by atoms with Gasteiger partial charge in [0.05, 0.1) is 18.3 Å². The molecule has 0 radical (unpaired) electrons. The quantitative estimate of drug-likeness (QED) is 0.516. The summed E-state index contributed by atoms with van der Waals surface area (Å²) in [5, 5.41) is 3.92. The lowest BCUT2D eigenvalue weighted by atomic mass is 10.1. The first-order valence-corrected chi connectivity index (χ1v) is 9.36. The highest BCUT2D eigenvalue weighted by atomic mass is 16.5. The highest BCUT2D eigenvalue weighted by Crippen LogP contribution is 2.23. The van der Waals surface area contributed by atoms with Gasteiger partial charge in [-0.15, -0.1) is 0 Å². The Labute approximate surface area is 173 Å². The number of amides is 2. The molecule has 0 fully saturated rings. The number of para-hydroxylation sites is 1. The molecular weight excluding hydrogens is 380 g/mol. The van der Waals surface area contributed by atoms with Crippen LogP contribution in [0.5, 0.6) is 11.6 Å². The highest BCUT2D eigenvalue weighted by Gasteiger charge is 2.11. The fraction of sp³-hybridized carbons (Fsp3) is 0.0870. The summed E-state index contributed by atoms with van der Waals surface area (Å²) >= 11 is 0. The molecule has 2 aromatic heterocycles. The maximum atomic E-state index is 12.5. The smallest absolute Gasteiger partial charge is 0.248 e. The van der Waals surface area contributed by atoms with Crippen LogP contribution >= 0.6 is 0 Å². The second-order valence-corrected chi connectivity index (χ2v) is 6.89. The standard InChI is InChI=1S/C23H20N4O3/c1-27-14-16(19-7-2-3-8-20(19)27)12-21(28)26-17-9-10-22(25-13-17)30-18-6-4-5-15(11-18)23(24)29/h2-11,13-14H,12H2,1H3,(H2,24,29)(H,26,28). The molecule has 3 N–H and O–H groups in total. The van der Waals surface area contributed by atoms with E-state index in [2.05, 4.69) is 10.3 Å². The number of rotatable bonds is 6. The van der Waals surface area contributed by atoms with Gasteiger partial charge in [-0.05, 0) is 35.9 Å². The highest BCUT2D eigenvalue weighted by molar-refractivity contribution is 5.96. The Bertz CT molecular complexity index is 1230. The Kier molecular flexibility index (Phi) is 5.17. The lowest BCUT2D eigenvalue weighted by Crippen LogP contribution is -2.14. The number of hydrogen-bond acceptors (Lipinski definition) is 4. The molecule has 0 spiro atoms. The Hall–Kier alpha value is -4.13. The van der Waals surface area contributed by atoms with Crippen LogP contribution in [-0.4, -0.2) is 21.4 Å². The lowest BCUT2D eigenvalue weighted by molar-refractivity contribution is -0.115. The molecular formula is C23H20N4O3. The number of primary amides is 1. The molecule has 0 saturated heterocycles. The summed E-state index contributed by atoms with van der Waals surface area (Å²) < 4.78 is 7.65. The molecule has 2 aromatic carbocycles. The Balaban J connectivity index is 1.41. The van der Waals surface area contributed by atoms with Crippen LogP contribution in [0, 0.1) is 0 Å². The van der Waals surface area contributed by atoms with E-state index in [0.717, 1.165) is 16.5 Å². The van der Waals surface area contributed by atoms with Crippen molar-refractivity contribution in [1.29, 1.82) is 0 Å². The third-order valence-corrected chi connectivity index (χ3v) is 4.69. The van der Waals surface area contributed by atoms with Crippen LogP contribution < -0.4 is 15.8 Å². The maximum absolute atomic E-state index is 12.5.